The van der Waals surface area contributed by atoms with Crippen LogP contribution in [0.1, 0.15) is 6.42 Å². The van der Waals surface area contributed by atoms with Crippen molar-refractivity contribution in [3.63, 3.8) is 0 Å². The lowest BCUT2D eigenvalue weighted by atomic mass is 10.4. The Balaban J connectivity index is 2.52. The SMILES string of the molecule is CON1CCCN(OC)C1=O. The summed E-state index contributed by atoms with van der Waals surface area (Å²) in [5.74, 6) is 0. The molecular formula is C6H12N2O3. The molecule has 0 radical (unpaired) electrons. The van der Waals surface area contributed by atoms with Crippen LogP contribution in [0.2, 0.25) is 0 Å². The number of urea groups is 1. The van der Waals surface area contributed by atoms with E-state index in [1.54, 1.807) is 0 Å². The molecule has 0 spiro atoms. The maximum absolute atomic E-state index is 11.2. The van der Waals surface area contributed by atoms with Gasteiger partial charge in [0.25, 0.3) is 0 Å². The molecule has 1 fully saturated rings. The van der Waals surface area contributed by atoms with E-state index in [1.807, 2.05) is 0 Å². The molecule has 2 amide bonds. The highest BCUT2D eigenvalue weighted by Gasteiger charge is 2.25. The Morgan fingerprint density at radius 3 is 2.00 bits per heavy atom. The first-order valence-corrected chi connectivity index (χ1v) is 3.47. The number of hydroxylamine groups is 4. The second-order valence-corrected chi connectivity index (χ2v) is 2.21. The Labute approximate surface area is 65.4 Å². The zero-order valence-corrected chi connectivity index (χ0v) is 6.74. The molecule has 0 aromatic heterocycles. The number of amides is 2. The van der Waals surface area contributed by atoms with Crippen molar-refractivity contribution in [3.05, 3.63) is 0 Å². The van der Waals surface area contributed by atoms with Crippen LogP contribution in [0.25, 0.3) is 0 Å². The van der Waals surface area contributed by atoms with E-state index in [0.717, 1.165) is 6.42 Å². The van der Waals surface area contributed by atoms with Crippen LogP contribution in [0.3, 0.4) is 0 Å². The Morgan fingerprint density at radius 2 is 1.64 bits per heavy atom. The first-order chi connectivity index (χ1) is 5.29. The minimum absolute atomic E-state index is 0.235. The highest BCUT2D eigenvalue weighted by Crippen LogP contribution is 2.07. The van der Waals surface area contributed by atoms with Gasteiger partial charge in [0, 0.05) is 0 Å². The zero-order chi connectivity index (χ0) is 8.27. The molecule has 1 rings (SSSR count). The fraction of sp³-hybridized carbons (Fsp3) is 0.833. The lowest BCUT2D eigenvalue weighted by molar-refractivity contribution is -0.174. The van der Waals surface area contributed by atoms with Crippen LogP contribution in [0.15, 0.2) is 0 Å². The Morgan fingerprint density at radius 1 is 1.18 bits per heavy atom. The van der Waals surface area contributed by atoms with Gasteiger partial charge in [0.1, 0.15) is 0 Å². The second-order valence-electron chi connectivity index (χ2n) is 2.21. The summed E-state index contributed by atoms with van der Waals surface area (Å²) in [6.45, 7) is 1.27. The minimum atomic E-state index is -0.235. The molecule has 1 aliphatic heterocycles. The smallest absolute Gasteiger partial charge is 0.273 e. The second kappa shape index (κ2) is 3.54. The standard InChI is InChI=1S/C6H12N2O3/c1-10-7-4-3-5-8(11-2)6(7)9/h3-5H2,1-2H3. The van der Waals surface area contributed by atoms with E-state index in [9.17, 15) is 4.79 Å². The molecule has 1 heterocycles. The summed E-state index contributed by atoms with van der Waals surface area (Å²) in [7, 11) is 2.94. The van der Waals surface area contributed by atoms with Gasteiger partial charge in [0.15, 0.2) is 0 Å². The molecular weight excluding hydrogens is 148 g/mol. The van der Waals surface area contributed by atoms with Crippen molar-refractivity contribution in [2.24, 2.45) is 0 Å². The summed E-state index contributed by atoms with van der Waals surface area (Å²) in [4.78, 5) is 20.8. The molecule has 1 aliphatic rings. The fourth-order valence-corrected chi connectivity index (χ4v) is 1.01. The van der Waals surface area contributed by atoms with Crippen molar-refractivity contribution in [3.8, 4) is 0 Å². The molecule has 5 heteroatoms. The Hall–Kier alpha value is -0.810. The van der Waals surface area contributed by atoms with Crippen molar-refractivity contribution in [2.45, 2.75) is 6.42 Å². The van der Waals surface area contributed by atoms with Gasteiger partial charge in [-0.25, -0.2) is 14.9 Å². The van der Waals surface area contributed by atoms with Crippen LogP contribution in [0.5, 0.6) is 0 Å². The molecule has 0 aromatic rings. The number of nitrogens with zero attached hydrogens (tertiary/aromatic N) is 2. The van der Waals surface area contributed by atoms with Gasteiger partial charge in [-0.1, -0.05) is 0 Å². The van der Waals surface area contributed by atoms with Crippen LogP contribution in [-0.4, -0.2) is 43.5 Å². The van der Waals surface area contributed by atoms with E-state index in [1.165, 1.54) is 24.3 Å². The fourth-order valence-electron chi connectivity index (χ4n) is 1.01. The summed E-state index contributed by atoms with van der Waals surface area (Å²) in [5.41, 5.74) is 0. The van der Waals surface area contributed by atoms with Crippen LogP contribution < -0.4 is 0 Å². The number of carbonyl (C=O) groups is 1. The van der Waals surface area contributed by atoms with Gasteiger partial charge in [0.05, 0.1) is 27.3 Å². The quantitative estimate of drug-likeness (QED) is 0.581. The molecule has 0 bridgehead atoms. The van der Waals surface area contributed by atoms with Crippen molar-refractivity contribution in [2.75, 3.05) is 27.3 Å². The van der Waals surface area contributed by atoms with Crippen LogP contribution in [0.4, 0.5) is 4.79 Å². The largest absolute Gasteiger partial charge is 0.367 e. The Bertz CT molecular complexity index is 137. The van der Waals surface area contributed by atoms with Crippen LogP contribution in [-0.2, 0) is 9.68 Å². The third kappa shape index (κ3) is 1.61. The average molecular weight is 160 g/mol. The molecule has 0 atom stereocenters. The molecule has 0 aliphatic carbocycles. The van der Waals surface area contributed by atoms with E-state index in [2.05, 4.69) is 0 Å². The zero-order valence-electron chi connectivity index (χ0n) is 6.74. The molecule has 5 nitrogen and oxygen atoms in total. The predicted octanol–water partition coefficient (Wildman–Crippen LogP) is 0.237. The molecule has 1 saturated heterocycles. The van der Waals surface area contributed by atoms with E-state index >= 15 is 0 Å². The third-order valence-electron chi connectivity index (χ3n) is 1.59. The summed E-state index contributed by atoms with van der Waals surface area (Å²) in [6.07, 6.45) is 0.868. The van der Waals surface area contributed by atoms with Gasteiger partial charge in [-0.2, -0.15) is 0 Å². The van der Waals surface area contributed by atoms with Crippen LogP contribution in [0, 0.1) is 0 Å². The molecule has 0 saturated carbocycles. The van der Waals surface area contributed by atoms with E-state index in [0.29, 0.717) is 13.1 Å². The van der Waals surface area contributed by atoms with Gasteiger partial charge in [0.2, 0.25) is 0 Å². The molecule has 11 heavy (non-hydrogen) atoms. The number of carbonyl (C=O) groups excluding carboxylic acids is 1. The molecule has 0 aromatic carbocycles. The lowest BCUT2D eigenvalue weighted by Gasteiger charge is -2.31. The normalized spacial score (nSPS) is 19.3. The average Bonchev–Trinajstić information content (AvgIpc) is 2.05. The van der Waals surface area contributed by atoms with E-state index in [-0.39, 0.29) is 6.03 Å². The third-order valence-corrected chi connectivity index (χ3v) is 1.59. The van der Waals surface area contributed by atoms with Crippen molar-refractivity contribution >= 4 is 6.03 Å². The van der Waals surface area contributed by atoms with Gasteiger partial charge in [-0.05, 0) is 6.42 Å². The van der Waals surface area contributed by atoms with Crippen molar-refractivity contribution in [1.82, 2.24) is 10.1 Å². The van der Waals surface area contributed by atoms with Gasteiger partial charge in [-0.15, -0.1) is 0 Å². The van der Waals surface area contributed by atoms with E-state index < -0.39 is 0 Å². The summed E-state index contributed by atoms with van der Waals surface area (Å²) in [5, 5.41) is 2.54. The first kappa shape index (κ1) is 8.29. The summed E-state index contributed by atoms with van der Waals surface area (Å²) < 4.78 is 0. The number of rotatable bonds is 2. The van der Waals surface area contributed by atoms with Gasteiger partial charge >= 0.3 is 6.03 Å². The van der Waals surface area contributed by atoms with Crippen LogP contribution >= 0.6 is 0 Å². The number of hydrogen-bond donors (Lipinski definition) is 0. The summed E-state index contributed by atoms with van der Waals surface area (Å²) >= 11 is 0. The molecule has 64 valence electrons. The van der Waals surface area contributed by atoms with Crippen molar-refractivity contribution < 1.29 is 14.5 Å². The monoisotopic (exact) mass is 160 g/mol. The maximum atomic E-state index is 11.2. The van der Waals surface area contributed by atoms with Gasteiger partial charge < -0.3 is 0 Å². The summed E-state index contributed by atoms with van der Waals surface area (Å²) in [6, 6.07) is -0.235. The highest BCUT2D eigenvalue weighted by atomic mass is 16.7. The highest BCUT2D eigenvalue weighted by molar-refractivity contribution is 5.72. The molecule has 0 N–H and O–H groups in total. The topological polar surface area (TPSA) is 42.0 Å². The molecule has 0 unspecified atom stereocenters. The minimum Gasteiger partial charge on any atom is -0.273 e. The van der Waals surface area contributed by atoms with E-state index in [4.69, 9.17) is 9.68 Å². The predicted molar refractivity (Wildman–Crippen MR) is 37.4 cm³/mol. The maximum Gasteiger partial charge on any atom is 0.367 e. The first-order valence-electron chi connectivity index (χ1n) is 3.47. The lowest BCUT2D eigenvalue weighted by Crippen LogP contribution is -2.47. The van der Waals surface area contributed by atoms with Gasteiger partial charge in [-0.3, -0.25) is 9.68 Å². The van der Waals surface area contributed by atoms with Crippen molar-refractivity contribution in [1.29, 1.82) is 0 Å². The Kier molecular flexibility index (Phi) is 2.67. The number of hydrogen-bond acceptors (Lipinski definition) is 3.